The zero-order chi connectivity index (χ0) is 12.3. The van der Waals surface area contributed by atoms with Crippen LogP contribution in [0.4, 0.5) is 8.78 Å². The molecule has 16 heavy (non-hydrogen) atoms. The summed E-state index contributed by atoms with van der Waals surface area (Å²) in [6, 6.07) is 3.06. The summed E-state index contributed by atoms with van der Waals surface area (Å²) >= 11 is 0. The summed E-state index contributed by atoms with van der Waals surface area (Å²) in [6.45, 7) is 3.37. The van der Waals surface area contributed by atoms with Crippen LogP contribution in [0, 0.1) is 11.6 Å². The fraction of sp³-hybridized carbons (Fsp3) is 0.417. The number of hydrogen-bond acceptors (Lipinski definition) is 2. The molecule has 1 unspecified atom stereocenters. The minimum absolute atomic E-state index is 0.0510. The van der Waals surface area contributed by atoms with Gasteiger partial charge in [-0.05, 0) is 37.1 Å². The summed E-state index contributed by atoms with van der Waals surface area (Å²) in [5, 5.41) is 0. The van der Waals surface area contributed by atoms with Gasteiger partial charge in [0.1, 0.15) is 11.6 Å². The molecule has 0 bridgehead atoms. The van der Waals surface area contributed by atoms with Crippen LogP contribution < -0.4 is 5.73 Å². The number of halogens is 2. The Morgan fingerprint density at radius 1 is 1.44 bits per heavy atom. The van der Waals surface area contributed by atoms with E-state index in [0.717, 1.165) is 18.2 Å². The van der Waals surface area contributed by atoms with Gasteiger partial charge in [-0.25, -0.2) is 8.78 Å². The number of rotatable bonds is 4. The highest BCUT2D eigenvalue weighted by molar-refractivity contribution is 5.89. The van der Waals surface area contributed by atoms with Gasteiger partial charge in [-0.15, -0.1) is 0 Å². The molecule has 0 heterocycles. The Hall–Kier alpha value is -1.29. The molecular weight excluding hydrogens is 212 g/mol. The largest absolute Gasteiger partial charge is 0.319 e. The van der Waals surface area contributed by atoms with E-state index in [9.17, 15) is 13.6 Å². The first-order valence-electron chi connectivity index (χ1n) is 5.13. The van der Waals surface area contributed by atoms with Crippen molar-refractivity contribution in [3.63, 3.8) is 0 Å². The zero-order valence-electron chi connectivity index (χ0n) is 9.39. The molecule has 0 saturated heterocycles. The molecular formula is C12H15F2NO. The van der Waals surface area contributed by atoms with Gasteiger partial charge in [0.25, 0.3) is 0 Å². The zero-order valence-corrected chi connectivity index (χ0v) is 9.39. The SMILES string of the molecule is CCC(C)(N)C(=O)Cc1cc(F)ccc1F. The van der Waals surface area contributed by atoms with E-state index in [2.05, 4.69) is 0 Å². The molecule has 0 spiro atoms. The molecule has 0 fully saturated rings. The van der Waals surface area contributed by atoms with E-state index < -0.39 is 17.2 Å². The van der Waals surface area contributed by atoms with Crippen LogP contribution in [-0.4, -0.2) is 11.3 Å². The maximum absolute atomic E-state index is 13.3. The Bertz CT molecular complexity index is 402. The Morgan fingerprint density at radius 3 is 2.62 bits per heavy atom. The van der Waals surface area contributed by atoms with Crippen LogP contribution in [0.3, 0.4) is 0 Å². The Labute approximate surface area is 93.5 Å². The van der Waals surface area contributed by atoms with Crippen LogP contribution in [0.25, 0.3) is 0 Å². The van der Waals surface area contributed by atoms with Crippen molar-refractivity contribution in [3.8, 4) is 0 Å². The maximum atomic E-state index is 13.3. The van der Waals surface area contributed by atoms with E-state index >= 15 is 0 Å². The number of ketones is 1. The molecule has 0 aromatic heterocycles. The smallest absolute Gasteiger partial charge is 0.156 e. The normalized spacial score (nSPS) is 14.6. The van der Waals surface area contributed by atoms with Crippen molar-refractivity contribution in [2.24, 2.45) is 5.73 Å². The van der Waals surface area contributed by atoms with Crippen molar-refractivity contribution in [2.45, 2.75) is 32.2 Å². The molecule has 1 aromatic carbocycles. The van der Waals surface area contributed by atoms with Crippen LogP contribution in [0.1, 0.15) is 25.8 Å². The van der Waals surface area contributed by atoms with E-state index in [-0.39, 0.29) is 17.8 Å². The number of Topliss-reactive ketones (excluding diaryl/α,β-unsaturated/α-hetero) is 1. The third kappa shape index (κ3) is 2.85. The molecule has 0 aliphatic heterocycles. The van der Waals surface area contributed by atoms with Gasteiger partial charge in [0.05, 0.1) is 5.54 Å². The topological polar surface area (TPSA) is 43.1 Å². The third-order valence-electron chi connectivity index (χ3n) is 2.73. The van der Waals surface area contributed by atoms with E-state index in [0.29, 0.717) is 6.42 Å². The van der Waals surface area contributed by atoms with Crippen LogP contribution in [0.15, 0.2) is 18.2 Å². The van der Waals surface area contributed by atoms with Gasteiger partial charge in [-0.2, -0.15) is 0 Å². The Kier molecular flexibility index (Phi) is 3.75. The number of benzene rings is 1. The molecule has 88 valence electrons. The average molecular weight is 227 g/mol. The molecule has 0 amide bonds. The van der Waals surface area contributed by atoms with Gasteiger partial charge in [0.2, 0.25) is 0 Å². The molecule has 4 heteroatoms. The summed E-state index contributed by atoms with van der Waals surface area (Å²) in [5.74, 6) is -1.43. The number of carbonyl (C=O) groups is 1. The van der Waals surface area contributed by atoms with Gasteiger partial charge >= 0.3 is 0 Å². The number of hydrogen-bond donors (Lipinski definition) is 1. The summed E-state index contributed by atoms with van der Waals surface area (Å²) < 4.78 is 26.1. The molecule has 0 saturated carbocycles. The van der Waals surface area contributed by atoms with Gasteiger partial charge in [0.15, 0.2) is 5.78 Å². The Balaban J connectivity index is 2.89. The average Bonchev–Trinajstić information content (AvgIpc) is 2.23. The lowest BCUT2D eigenvalue weighted by Crippen LogP contribution is -2.45. The van der Waals surface area contributed by atoms with Gasteiger partial charge in [0, 0.05) is 6.42 Å². The maximum Gasteiger partial charge on any atom is 0.156 e. The fourth-order valence-corrected chi connectivity index (χ4v) is 1.25. The van der Waals surface area contributed by atoms with Gasteiger partial charge < -0.3 is 5.73 Å². The lowest BCUT2D eigenvalue weighted by Gasteiger charge is -2.20. The molecule has 2 N–H and O–H groups in total. The van der Waals surface area contributed by atoms with Crippen LogP contribution in [-0.2, 0) is 11.2 Å². The standard InChI is InChI=1S/C12H15F2NO/c1-3-12(2,15)11(16)7-8-6-9(13)4-5-10(8)14/h4-6H,3,7,15H2,1-2H3. The second kappa shape index (κ2) is 4.70. The van der Waals surface area contributed by atoms with Crippen molar-refractivity contribution in [1.29, 1.82) is 0 Å². The van der Waals surface area contributed by atoms with E-state index in [1.807, 2.05) is 0 Å². The van der Waals surface area contributed by atoms with Crippen molar-refractivity contribution in [1.82, 2.24) is 0 Å². The summed E-state index contributed by atoms with van der Waals surface area (Å²) in [6.07, 6.45) is 0.285. The highest BCUT2D eigenvalue weighted by Gasteiger charge is 2.26. The van der Waals surface area contributed by atoms with Gasteiger partial charge in [-0.3, -0.25) is 4.79 Å². The molecule has 2 nitrogen and oxygen atoms in total. The summed E-state index contributed by atoms with van der Waals surface area (Å²) in [5.41, 5.74) is 4.79. The lowest BCUT2D eigenvalue weighted by molar-refractivity contribution is -0.123. The first-order valence-corrected chi connectivity index (χ1v) is 5.13. The van der Waals surface area contributed by atoms with E-state index in [1.165, 1.54) is 0 Å². The van der Waals surface area contributed by atoms with Crippen LogP contribution in [0.2, 0.25) is 0 Å². The van der Waals surface area contributed by atoms with E-state index in [1.54, 1.807) is 13.8 Å². The first-order chi connectivity index (χ1) is 7.36. The highest BCUT2D eigenvalue weighted by Crippen LogP contribution is 2.15. The number of nitrogens with two attached hydrogens (primary N) is 1. The monoisotopic (exact) mass is 227 g/mol. The van der Waals surface area contributed by atoms with Crippen molar-refractivity contribution < 1.29 is 13.6 Å². The summed E-state index contributed by atoms with van der Waals surface area (Å²) in [7, 11) is 0. The highest BCUT2D eigenvalue weighted by atomic mass is 19.1. The molecule has 1 rings (SSSR count). The summed E-state index contributed by atoms with van der Waals surface area (Å²) in [4.78, 5) is 11.7. The number of carbonyl (C=O) groups excluding carboxylic acids is 1. The second-order valence-corrected chi connectivity index (χ2v) is 4.11. The minimum Gasteiger partial charge on any atom is -0.319 e. The van der Waals surface area contributed by atoms with Crippen molar-refractivity contribution >= 4 is 5.78 Å². The second-order valence-electron chi connectivity index (χ2n) is 4.11. The quantitative estimate of drug-likeness (QED) is 0.856. The van der Waals surface area contributed by atoms with Crippen molar-refractivity contribution in [3.05, 3.63) is 35.4 Å². The predicted octanol–water partition coefficient (Wildman–Crippen LogP) is 2.20. The molecule has 1 aromatic rings. The Morgan fingerprint density at radius 2 is 2.06 bits per heavy atom. The first kappa shape index (κ1) is 12.8. The molecule has 1 atom stereocenters. The van der Waals surface area contributed by atoms with Gasteiger partial charge in [-0.1, -0.05) is 6.92 Å². The molecule has 0 aliphatic rings. The predicted molar refractivity (Wildman–Crippen MR) is 58.0 cm³/mol. The van der Waals surface area contributed by atoms with Crippen molar-refractivity contribution in [2.75, 3.05) is 0 Å². The third-order valence-corrected chi connectivity index (χ3v) is 2.73. The van der Waals surface area contributed by atoms with Crippen LogP contribution >= 0.6 is 0 Å². The minimum atomic E-state index is -0.987. The van der Waals surface area contributed by atoms with Crippen LogP contribution in [0.5, 0.6) is 0 Å². The lowest BCUT2D eigenvalue weighted by atomic mass is 9.90. The molecule has 0 radical (unpaired) electrons. The fourth-order valence-electron chi connectivity index (χ4n) is 1.25. The van der Waals surface area contributed by atoms with E-state index in [4.69, 9.17) is 5.73 Å². The molecule has 0 aliphatic carbocycles.